The third-order valence-corrected chi connectivity index (χ3v) is 5.03. The zero-order chi connectivity index (χ0) is 23.0. The molecule has 0 atom stereocenters. The van der Waals surface area contributed by atoms with Crippen LogP contribution in [0.5, 0.6) is 11.5 Å². The van der Waals surface area contributed by atoms with Crippen LogP contribution < -0.4 is 14.8 Å². The summed E-state index contributed by atoms with van der Waals surface area (Å²) in [4.78, 5) is 24.8. The minimum absolute atomic E-state index is 0.261. The second-order valence-electron chi connectivity index (χ2n) is 7.29. The number of methoxy groups -OCH3 is 1. The zero-order valence-corrected chi connectivity index (χ0v) is 18.1. The van der Waals surface area contributed by atoms with Crippen LogP contribution in [0, 0.1) is 0 Å². The van der Waals surface area contributed by atoms with Gasteiger partial charge in [0.05, 0.1) is 12.7 Å². The third kappa shape index (κ3) is 5.49. The Bertz CT molecular complexity index is 1260. The SMILES string of the molecule is COc1cc(C(=O)OCC(=O)Nc2cccc3ccccc23)ccc1OCc1ccccc1. The predicted molar refractivity (Wildman–Crippen MR) is 127 cm³/mol. The van der Waals surface area contributed by atoms with E-state index in [2.05, 4.69) is 5.32 Å². The first kappa shape index (κ1) is 21.9. The molecule has 0 heterocycles. The number of anilines is 1. The van der Waals surface area contributed by atoms with Gasteiger partial charge in [0.2, 0.25) is 0 Å². The van der Waals surface area contributed by atoms with E-state index in [0.29, 0.717) is 23.8 Å². The lowest BCUT2D eigenvalue weighted by molar-refractivity contribution is -0.119. The average Bonchev–Trinajstić information content (AvgIpc) is 2.86. The number of ether oxygens (including phenoxy) is 3. The first-order chi connectivity index (χ1) is 16.1. The molecule has 4 aromatic rings. The van der Waals surface area contributed by atoms with Crippen molar-refractivity contribution < 1.29 is 23.8 Å². The molecule has 0 radical (unpaired) electrons. The van der Waals surface area contributed by atoms with Crippen LogP contribution in [0.3, 0.4) is 0 Å². The van der Waals surface area contributed by atoms with Gasteiger partial charge in [-0.2, -0.15) is 0 Å². The van der Waals surface area contributed by atoms with Gasteiger partial charge >= 0.3 is 5.97 Å². The number of nitrogens with one attached hydrogen (secondary N) is 1. The Kier molecular flexibility index (Phi) is 6.85. The summed E-state index contributed by atoms with van der Waals surface area (Å²) >= 11 is 0. The van der Waals surface area contributed by atoms with Crippen LogP contribution >= 0.6 is 0 Å². The van der Waals surface area contributed by atoms with Gasteiger partial charge in [0.1, 0.15) is 6.61 Å². The molecule has 0 aliphatic rings. The molecule has 0 spiro atoms. The van der Waals surface area contributed by atoms with E-state index in [-0.39, 0.29) is 5.56 Å². The fourth-order valence-corrected chi connectivity index (χ4v) is 3.38. The monoisotopic (exact) mass is 441 g/mol. The van der Waals surface area contributed by atoms with Crippen molar-refractivity contribution in [2.24, 2.45) is 0 Å². The molecule has 6 heteroatoms. The molecule has 0 aromatic heterocycles. The van der Waals surface area contributed by atoms with Gasteiger partial charge in [-0.05, 0) is 35.2 Å². The summed E-state index contributed by atoms with van der Waals surface area (Å²) < 4.78 is 16.4. The molecule has 1 N–H and O–H groups in total. The van der Waals surface area contributed by atoms with Gasteiger partial charge in [-0.1, -0.05) is 66.7 Å². The Labute approximate surface area is 191 Å². The summed E-state index contributed by atoms with van der Waals surface area (Å²) in [7, 11) is 1.50. The van der Waals surface area contributed by atoms with Crippen molar-refractivity contribution in [3.05, 3.63) is 102 Å². The highest BCUT2D eigenvalue weighted by atomic mass is 16.5. The number of amides is 1. The molecule has 6 nitrogen and oxygen atoms in total. The number of hydrogen-bond donors (Lipinski definition) is 1. The molecule has 4 rings (SSSR count). The Balaban J connectivity index is 1.36. The van der Waals surface area contributed by atoms with E-state index in [9.17, 15) is 9.59 Å². The van der Waals surface area contributed by atoms with Crippen molar-refractivity contribution in [2.45, 2.75) is 6.61 Å². The van der Waals surface area contributed by atoms with Crippen molar-refractivity contribution >= 4 is 28.3 Å². The second kappa shape index (κ2) is 10.3. The largest absolute Gasteiger partial charge is 0.493 e. The lowest BCUT2D eigenvalue weighted by Gasteiger charge is -2.12. The van der Waals surface area contributed by atoms with E-state index < -0.39 is 18.5 Å². The highest BCUT2D eigenvalue weighted by Crippen LogP contribution is 2.29. The molecule has 166 valence electrons. The lowest BCUT2D eigenvalue weighted by atomic mass is 10.1. The van der Waals surface area contributed by atoms with E-state index in [0.717, 1.165) is 16.3 Å². The number of carbonyl (C=O) groups is 2. The minimum Gasteiger partial charge on any atom is -0.493 e. The average molecular weight is 441 g/mol. The first-order valence-corrected chi connectivity index (χ1v) is 10.4. The number of esters is 1. The zero-order valence-electron chi connectivity index (χ0n) is 18.1. The summed E-state index contributed by atoms with van der Waals surface area (Å²) in [6, 6.07) is 27.8. The summed E-state index contributed by atoms with van der Waals surface area (Å²) in [5.74, 6) is -0.141. The van der Waals surface area contributed by atoms with Crippen molar-refractivity contribution in [3.8, 4) is 11.5 Å². The van der Waals surface area contributed by atoms with E-state index >= 15 is 0 Å². The van der Waals surface area contributed by atoms with Gasteiger partial charge in [-0.3, -0.25) is 4.79 Å². The summed E-state index contributed by atoms with van der Waals surface area (Å²) in [5, 5.41) is 4.72. The maximum Gasteiger partial charge on any atom is 0.338 e. The molecule has 0 aliphatic heterocycles. The quantitative estimate of drug-likeness (QED) is 0.379. The maximum atomic E-state index is 12.5. The van der Waals surface area contributed by atoms with Crippen LogP contribution in [0.2, 0.25) is 0 Å². The van der Waals surface area contributed by atoms with E-state index in [4.69, 9.17) is 14.2 Å². The topological polar surface area (TPSA) is 73.9 Å². The minimum atomic E-state index is -0.629. The highest BCUT2D eigenvalue weighted by Gasteiger charge is 2.15. The van der Waals surface area contributed by atoms with Crippen LogP contribution in [-0.2, 0) is 16.1 Å². The molecule has 0 aliphatic carbocycles. The van der Waals surface area contributed by atoms with Gasteiger partial charge in [0.15, 0.2) is 18.1 Å². The molecule has 1 amide bonds. The Morgan fingerprint density at radius 2 is 1.58 bits per heavy atom. The number of hydrogen-bond acceptors (Lipinski definition) is 5. The first-order valence-electron chi connectivity index (χ1n) is 10.4. The van der Waals surface area contributed by atoms with Gasteiger partial charge < -0.3 is 19.5 Å². The molecular weight excluding hydrogens is 418 g/mol. The third-order valence-electron chi connectivity index (χ3n) is 5.03. The predicted octanol–water partition coefficient (Wildman–Crippen LogP) is 5.22. The van der Waals surface area contributed by atoms with Crippen molar-refractivity contribution in [2.75, 3.05) is 19.0 Å². The van der Waals surface area contributed by atoms with E-state index in [1.165, 1.54) is 13.2 Å². The van der Waals surface area contributed by atoms with Crippen molar-refractivity contribution in [3.63, 3.8) is 0 Å². The second-order valence-corrected chi connectivity index (χ2v) is 7.29. The smallest absolute Gasteiger partial charge is 0.338 e. The van der Waals surface area contributed by atoms with Crippen molar-refractivity contribution in [1.29, 1.82) is 0 Å². The maximum absolute atomic E-state index is 12.5. The number of carbonyl (C=O) groups excluding carboxylic acids is 2. The number of fused-ring (bicyclic) bond motifs is 1. The van der Waals surface area contributed by atoms with Gasteiger partial charge in [-0.15, -0.1) is 0 Å². The fourth-order valence-electron chi connectivity index (χ4n) is 3.38. The Morgan fingerprint density at radius 1 is 0.818 bits per heavy atom. The van der Waals surface area contributed by atoms with Crippen LogP contribution in [0.15, 0.2) is 91.0 Å². The Hall–Kier alpha value is -4.32. The molecule has 0 saturated heterocycles. The van der Waals surface area contributed by atoms with Crippen molar-refractivity contribution in [1.82, 2.24) is 0 Å². The number of rotatable bonds is 8. The van der Waals surface area contributed by atoms with Crippen LogP contribution in [-0.4, -0.2) is 25.6 Å². The molecular formula is C27H23NO5. The van der Waals surface area contributed by atoms with E-state index in [1.54, 1.807) is 18.2 Å². The summed E-state index contributed by atoms with van der Waals surface area (Å²) in [6.45, 7) is -0.0358. The fraction of sp³-hybridized carbons (Fsp3) is 0.111. The molecule has 0 saturated carbocycles. The standard InChI is InChI=1S/C27H23NO5/c1-31-25-16-21(14-15-24(25)32-17-19-8-3-2-4-9-19)27(30)33-18-26(29)28-23-13-7-11-20-10-5-6-12-22(20)23/h2-16H,17-18H2,1H3,(H,28,29). The Morgan fingerprint density at radius 3 is 2.39 bits per heavy atom. The molecule has 4 aromatic carbocycles. The van der Waals surface area contributed by atoms with Gasteiger partial charge in [0, 0.05) is 11.1 Å². The lowest BCUT2D eigenvalue weighted by Crippen LogP contribution is -2.21. The summed E-state index contributed by atoms with van der Waals surface area (Å²) in [5.41, 5.74) is 1.94. The van der Waals surface area contributed by atoms with E-state index in [1.807, 2.05) is 66.7 Å². The summed E-state index contributed by atoms with van der Waals surface area (Å²) in [6.07, 6.45) is 0. The van der Waals surface area contributed by atoms with Crippen LogP contribution in [0.1, 0.15) is 15.9 Å². The molecule has 0 fully saturated rings. The molecule has 0 unspecified atom stereocenters. The number of benzene rings is 4. The normalized spacial score (nSPS) is 10.5. The van der Waals surface area contributed by atoms with Crippen LogP contribution in [0.25, 0.3) is 10.8 Å². The van der Waals surface area contributed by atoms with Gasteiger partial charge in [-0.25, -0.2) is 4.79 Å². The van der Waals surface area contributed by atoms with Crippen LogP contribution in [0.4, 0.5) is 5.69 Å². The van der Waals surface area contributed by atoms with Gasteiger partial charge in [0.25, 0.3) is 5.91 Å². The molecule has 33 heavy (non-hydrogen) atoms. The molecule has 0 bridgehead atoms. The highest BCUT2D eigenvalue weighted by molar-refractivity contribution is 6.03.